The van der Waals surface area contributed by atoms with Crippen LogP contribution in [-0.4, -0.2) is 14.5 Å². The molecule has 9 aromatic rings. The fraction of sp³-hybridized carbons (Fsp3) is 0.0208. The molecule has 0 unspecified atom stereocenters. The molecule has 0 radical (unpaired) electrons. The average Bonchev–Trinajstić information content (AvgIpc) is 3.72. The van der Waals surface area contributed by atoms with Gasteiger partial charge < -0.3 is 0 Å². The lowest BCUT2D eigenvalue weighted by molar-refractivity contribution is 0.769. The van der Waals surface area contributed by atoms with E-state index in [1.807, 2.05) is 12.1 Å². The highest BCUT2D eigenvalue weighted by Gasteiger charge is 2.46. The van der Waals surface area contributed by atoms with Crippen LogP contribution in [0, 0.1) is 6.57 Å². The lowest BCUT2D eigenvalue weighted by atomic mass is 9.67. The van der Waals surface area contributed by atoms with Gasteiger partial charge in [-0.2, -0.15) is 0 Å². The molecule has 10 rings (SSSR count). The molecule has 242 valence electrons. The lowest BCUT2D eigenvalue weighted by Crippen LogP contribution is -2.28. The van der Waals surface area contributed by atoms with Crippen molar-refractivity contribution in [1.82, 2.24) is 14.5 Å². The van der Waals surface area contributed by atoms with Gasteiger partial charge >= 0.3 is 0 Å². The van der Waals surface area contributed by atoms with E-state index >= 15 is 0 Å². The second-order valence-corrected chi connectivity index (χ2v) is 13.3. The molecular weight excluding hydrogens is 633 g/mol. The molecule has 0 saturated carbocycles. The molecule has 0 atom stereocenters. The maximum atomic E-state index is 7.93. The number of hydrogen-bond acceptors (Lipinski definition) is 2. The summed E-state index contributed by atoms with van der Waals surface area (Å²) in [6, 6.07) is 63.7. The molecule has 0 spiro atoms. The van der Waals surface area contributed by atoms with Gasteiger partial charge in [0.25, 0.3) is 0 Å². The van der Waals surface area contributed by atoms with E-state index in [2.05, 4.69) is 179 Å². The first-order chi connectivity index (χ1) is 25.7. The fourth-order valence-electron chi connectivity index (χ4n) is 8.28. The van der Waals surface area contributed by atoms with E-state index in [4.69, 9.17) is 16.5 Å². The standard InChI is InChI=1S/C48H30N4/c1-49-36-26-28-38-37-27-25-33(29-41(37)48(42(38)30-36,34-17-7-3-8-18-34)35-19-9-4-10-20-35)44-31-43(32-15-5-2-6-16-32)50-47(51-44)52-45-23-13-11-21-39(45)40-22-12-14-24-46(40)52/h2-31H. The number of aromatic nitrogens is 3. The Kier molecular flexibility index (Phi) is 6.74. The van der Waals surface area contributed by atoms with Crippen LogP contribution in [0.4, 0.5) is 5.69 Å². The summed E-state index contributed by atoms with van der Waals surface area (Å²) >= 11 is 0. The number of rotatable bonds is 5. The number of nitrogens with zero attached hydrogens (tertiary/aromatic N) is 4. The molecule has 4 nitrogen and oxygen atoms in total. The van der Waals surface area contributed by atoms with Gasteiger partial charge in [0.05, 0.1) is 34.4 Å². The minimum Gasteiger partial charge on any atom is -0.278 e. The van der Waals surface area contributed by atoms with Crippen LogP contribution in [0.3, 0.4) is 0 Å². The maximum Gasteiger partial charge on any atom is 0.235 e. The molecule has 4 heteroatoms. The average molecular weight is 663 g/mol. The summed E-state index contributed by atoms with van der Waals surface area (Å²) in [6.07, 6.45) is 0. The van der Waals surface area contributed by atoms with Crippen LogP contribution < -0.4 is 0 Å². The van der Waals surface area contributed by atoms with Gasteiger partial charge in [0.1, 0.15) is 0 Å². The zero-order valence-corrected chi connectivity index (χ0v) is 28.1. The largest absolute Gasteiger partial charge is 0.278 e. The first-order valence-electron chi connectivity index (χ1n) is 17.5. The molecule has 2 heterocycles. The van der Waals surface area contributed by atoms with E-state index < -0.39 is 5.41 Å². The van der Waals surface area contributed by atoms with Gasteiger partial charge in [-0.1, -0.05) is 158 Å². The molecule has 2 aromatic heterocycles. The van der Waals surface area contributed by atoms with Crippen LogP contribution in [0.15, 0.2) is 182 Å². The molecule has 0 bridgehead atoms. The molecule has 0 N–H and O–H groups in total. The summed E-state index contributed by atoms with van der Waals surface area (Å²) in [6.45, 7) is 7.93. The number of benzene rings is 7. The van der Waals surface area contributed by atoms with Crippen LogP contribution in [0.5, 0.6) is 0 Å². The number of para-hydroxylation sites is 2. The molecule has 0 saturated heterocycles. The van der Waals surface area contributed by atoms with Crippen LogP contribution in [0.25, 0.3) is 66.2 Å². The Bertz CT molecular complexity index is 2760. The molecular formula is C48H30N4. The maximum absolute atomic E-state index is 7.93. The van der Waals surface area contributed by atoms with E-state index in [9.17, 15) is 0 Å². The van der Waals surface area contributed by atoms with E-state index in [-0.39, 0.29) is 0 Å². The van der Waals surface area contributed by atoms with Crippen LogP contribution in [0.2, 0.25) is 0 Å². The molecule has 1 aliphatic rings. The van der Waals surface area contributed by atoms with E-state index in [1.165, 1.54) is 0 Å². The molecule has 52 heavy (non-hydrogen) atoms. The SMILES string of the molecule is [C-]#[N+]c1ccc2c(c1)C(c1ccccc1)(c1ccccc1)c1cc(-c3cc(-c4ccccc4)nc(-n4c5ccccc5c5ccccc54)n3)ccc1-2. The second kappa shape index (κ2) is 11.8. The van der Waals surface area contributed by atoms with Crippen molar-refractivity contribution in [2.45, 2.75) is 5.41 Å². The van der Waals surface area contributed by atoms with Crippen molar-refractivity contribution in [3.8, 4) is 39.6 Å². The van der Waals surface area contributed by atoms with Crippen molar-refractivity contribution in [1.29, 1.82) is 0 Å². The first kappa shape index (κ1) is 29.8. The number of fused-ring (bicyclic) bond motifs is 6. The van der Waals surface area contributed by atoms with Gasteiger partial charge in [-0.05, 0) is 57.6 Å². The fourth-order valence-corrected chi connectivity index (χ4v) is 8.28. The summed E-state index contributed by atoms with van der Waals surface area (Å²) in [4.78, 5) is 14.5. The Labute approximate surface area is 301 Å². The summed E-state index contributed by atoms with van der Waals surface area (Å²) < 4.78 is 2.19. The van der Waals surface area contributed by atoms with Gasteiger partial charge in [0.2, 0.25) is 5.95 Å². The van der Waals surface area contributed by atoms with Gasteiger partial charge in [-0.3, -0.25) is 4.57 Å². The van der Waals surface area contributed by atoms with Gasteiger partial charge in [0.15, 0.2) is 5.69 Å². The lowest BCUT2D eigenvalue weighted by Gasteiger charge is -2.34. The zero-order chi connectivity index (χ0) is 34.6. The zero-order valence-electron chi connectivity index (χ0n) is 28.1. The Balaban J connectivity index is 1.27. The Morgan fingerprint density at radius 2 is 0.962 bits per heavy atom. The third-order valence-electron chi connectivity index (χ3n) is 10.5. The second-order valence-electron chi connectivity index (χ2n) is 13.3. The minimum atomic E-state index is -0.644. The Morgan fingerprint density at radius 1 is 0.462 bits per heavy atom. The molecule has 0 amide bonds. The normalized spacial score (nSPS) is 12.8. The summed E-state index contributed by atoms with van der Waals surface area (Å²) in [5.41, 5.74) is 12.7. The first-order valence-corrected chi connectivity index (χ1v) is 17.5. The van der Waals surface area contributed by atoms with Gasteiger partial charge in [-0.15, -0.1) is 0 Å². The highest BCUT2D eigenvalue weighted by Crippen LogP contribution is 2.57. The predicted molar refractivity (Wildman–Crippen MR) is 211 cm³/mol. The predicted octanol–water partition coefficient (Wildman–Crippen LogP) is 11.8. The van der Waals surface area contributed by atoms with E-state index in [1.54, 1.807) is 0 Å². The highest BCUT2D eigenvalue weighted by atomic mass is 15.2. The monoisotopic (exact) mass is 662 g/mol. The van der Waals surface area contributed by atoms with Gasteiger partial charge in [0, 0.05) is 21.9 Å². The molecule has 0 aliphatic heterocycles. The van der Waals surface area contributed by atoms with Crippen LogP contribution >= 0.6 is 0 Å². The van der Waals surface area contributed by atoms with Crippen molar-refractivity contribution in [2.24, 2.45) is 0 Å². The summed E-state index contributed by atoms with van der Waals surface area (Å²) in [7, 11) is 0. The Hall–Kier alpha value is -7.09. The van der Waals surface area contributed by atoms with Crippen molar-refractivity contribution < 1.29 is 0 Å². The molecule has 7 aromatic carbocycles. The minimum absolute atomic E-state index is 0.622. The third kappa shape index (κ3) is 4.40. The topological polar surface area (TPSA) is 35.1 Å². The molecule has 1 aliphatic carbocycles. The Morgan fingerprint density at radius 3 is 1.56 bits per heavy atom. The quantitative estimate of drug-likeness (QED) is 0.172. The third-order valence-corrected chi connectivity index (χ3v) is 10.5. The van der Waals surface area contributed by atoms with E-state index in [0.717, 1.165) is 77.7 Å². The van der Waals surface area contributed by atoms with Crippen molar-refractivity contribution in [2.75, 3.05) is 0 Å². The summed E-state index contributed by atoms with van der Waals surface area (Å²) in [5, 5.41) is 2.33. The number of hydrogen-bond donors (Lipinski definition) is 0. The van der Waals surface area contributed by atoms with Crippen LogP contribution in [-0.2, 0) is 5.41 Å². The van der Waals surface area contributed by atoms with Crippen LogP contribution in [0.1, 0.15) is 22.3 Å². The smallest absolute Gasteiger partial charge is 0.235 e. The summed E-state index contributed by atoms with van der Waals surface area (Å²) in [5.74, 6) is 0.622. The van der Waals surface area contributed by atoms with Crippen molar-refractivity contribution in [3.05, 3.63) is 216 Å². The van der Waals surface area contributed by atoms with Crippen molar-refractivity contribution >= 4 is 27.5 Å². The molecule has 0 fully saturated rings. The highest BCUT2D eigenvalue weighted by molar-refractivity contribution is 6.09. The van der Waals surface area contributed by atoms with Gasteiger partial charge in [-0.25, -0.2) is 14.8 Å². The van der Waals surface area contributed by atoms with E-state index in [0.29, 0.717) is 11.6 Å². The van der Waals surface area contributed by atoms with Crippen molar-refractivity contribution in [3.63, 3.8) is 0 Å².